The third-order valence-corrected chi connectivity index (χ3v) is 2.51. The van der Waals surface area contributed by atoms with Crippen molar-refractivity contribution >= 4 is 0 Å². The number of hydrogen-bond acceptors (Lipinski definition) is 4. The molecule has 1 fully saturated rings. The van der Waals surface area contributed by atoms with Crippen molar-refractivity contribution in [3.8, 4) is 0 Å². The first-order chi connectivity index (χ1) is 6.72. The minimum absolute atomic E-state index is 0.212. The molecule has 14 heavy (non-hydrogen) atoms. The molecule has 2 unspecified atom stereocenters. The van der Waals surface area contributed by atoms with Gasteiger partial charge in [0.15, 0.2) is 0 Å². The highest BCUT2D eigenvalue weighted by molar-refractivity contribution is 4.71. The lowest BCUT2D eigenvalue weighted by Gasteiger charge is -2.28. The van der Waals surface area contributed by atoms with Crippen LogP contribution >= 0.6 is 0 Å². The standard InChI is InChI=1S/C10H22N2O2/c1-3-9(13)7-12(2)8-10-6-11-4-5-14-10/h9-11,13H,3-8H2,1-2H3. The maximum absolute atomic E-state index is 9.46. The van der Waals surface area contributed by atoms with Crippen LogP contribution in [-0.2, 0) is 4.74 Å². The van der Waals surface area contributed by atoms with E-state index in [2.05, 4.69) is 10.2 Å². The van der Waals surface area contributed by atoms with Crippen LogP contribution in [0.25, 0.3) is 0 Å². The summed E-state index contributed by atoms with van der Waals surface area (Å²) in [5.41, 5.74) is 0. The highest BCUT2D eigenvalue weighted by Gasteiger charge is 2.16. The average molecular weight is 202 g/mol. The topological polar surface area (TPSA) is 44.7 Å². The zero-order chi connectivity index (χ0) is 10.4. The quantitative estimate of drug-likeness (QED) is 0.641. The number of morpholine rings is 1. The van der Waals surface area contributed by atoms with Gasteiger partial charge in [0.1, 0.15) is 0 Å². The monoisotopic (exact) mass is 202 g/mol. The van der Waals surface area contributed by atoms with E-state index in [1.807, 2.05) is 14.0 Å². The molecule has 0 aliphatic carbocycles. The minimum Gasteiger partial charge on any atom is -0.392 e. The van der Waals surface area contributed by atoms with E-state index in [-0.39, 0.29) is 12.2 Å². The van der Waals surface area contributed by atoms with E-state index in [1.54, 1.807) is 0 Å². The Labute approximate surface area is 86.2 Å². The Morgan fingerprint density at radius 3 is 3.00 bits per heavy atom. The zero-order valence-corrected chi connectivity index (χ0v) is 9.20. The molecule has 0 saturated carbocycles. The number of likely N-dealkylation sites (N-methyl/N-ethyl adjacent to an activating group) is 1. The van der Waals surface area contributed by atoms with E-state index >= 15 is 0 Å². The van der Waals surface area contributed by atoms with E-state index in [0.717, 1.165) is 39.2 Å². The lowest BCUT2D eigenvalue weighted by molar-refractivity contribution is 0.00254. The number of aliphatic hydroxyl groups is 1. The van der Waals surface area contributed by atoms with Gasteiger partial charge in [0, 0.05) is 26.2 Å². The lowest BCUT2D eigenvalue weighted by Crippen LogP contribution is -2.45. The molecule has 2 atom stereocenters. The number of nitrogens with one attached hydrogen (secondary N) is 1. The van der Waals surface area contributed by atoms with Crippen LogP contribution in [0.3, 0.4) is 0 Å². The molecule has 2 N–H and O–H groups in total. The smallest absolute Gasteiger partial charge is 0.0826 e. The number of hydrogen-bond donors (Lipinski definition) is 2. The van der Waals surface area contributed by atoms with Gasteiger partial charge in [0.25, 0.3) is 0 Å². The maximum atomic E-state index is 9.46. The predicted molar refractivity (Wildman–Crippen MR) is 56.4 cm³/mol. The van der Waals surface area contributed by atoms with E-state index in [9.17, 15) is 5.11 Å². The van der Waals surface area contributed by atoms with Gasteiger partial charge in [-0.3, -0.25) is 0 Å². The van der Waals surface area contributed by atoms with Crippen molar-refractivity contribution in [2.45, 2.75) is 25.6 Å². The molecule has 0 aromatic rings. The first kappa shape index (κ1) is 11.9. The molecule has 4 heteroatoms. The summed E-state index contributed by atoms with van der Waals surface area (Å²) in [7, 11) is 2.02. The molecule has 0 spiro atoms. The zero-order valence-electron chi connectivity index (χ0n) is 9.20. The molecule has 0 amide bonds. The Bertz CT molecular complexity index is 149. The summed E-state index contributed by atoms with van der Waals surface area (Å²) in [5, 5.41) is 12.8. The van der Waals surface area contributed by atoms with Gasteiger partial charge in [-0.25, -0.2) is 0 Å². The molecule has 0 radical (unpaired) electrons. The number of aliphatic hydroxyl groups excluding tert-OH is 1. The Morgan fingerprint density at radius 1 is 1.64 bits per heavy atom. The second kappa shape index (κ2) is 6.35. The summed E-state index contributed by atoms with van der Waals surface area (Å²) in [5.74, 6) is 0. The Hall–Kier alpha value is -0.160. The average Bonchev–Trinajstić information content (AvgIpc) is 2.19. The Kier molecular flexibility index (Phi) is 5.40. The summed E-state index contributed by atoms with van der Waals surface area (Å²) < 4.78 is 5.58. The van der Waals surface area contributed by atoms with Gasteiger partial charge in [0.2, 0.25) is 0 Å². The molecule has 0 bridgehead atoms. The first-order valence-corrected chi connectivity index (χ1v) is 5.41. The van der Waals surface area contributed by atoms with Gasteiger partial charge in [-0.05, 0) is 13.5 Å². The number of nitrogens with zero attached hydrogens (tertiary/aromatic N) is 1. The molecule has 0 aromatic heterocycles. The molecule has 1 heterocycles. The summed E-state index contributed by atoms with van der Waals surface area (Å²) in [6, 6.07) is 0. The highest BCUT2D eigenvalue weighted by Crippen LogP contribution is 2.00. The van der Waals surface area contributed by atoms with Crippen molar-refractivity contribution in [1.29, 1.82) is 0 Å². The fourth-order valence-electron chi connectivity index (χ4n) is 1.65. The molecule has 1 aliphatic rings. The van der Waals surface area contributed by atoms with E-state index in [4.69, 9.17) is 4.74 Å². The van der Waals surface area contributed by atoms with Gasteiger partial charge >= 0.3 is 0 Å². The van der Waals surface area contributed by atoms with Crippen LogP contribution in [-0.4, -0.2) is 62.0 Å². The highest BCUT2D eigenvalue weighted by atomic mass is 16.5. The molecular weight excluding hydrogens is 180 g/mol. The van der Waals surface area contributed by atoms with Crippen LogP contribution in [0.1, 0.15) is 13.3 Å². The molecule has 84 valence electrons. The van der Waals surface area contributed by atoms with Crippen molar-refractivity contribution in [1.82, 2.24) is 10.2 Å². The van der Waals surface area contributed by atoms with Crippen LogP contribution in [0.4, 0.5) is 0 Å². The van der Waals surface area contributed by atoms with E-state index in [0.29, 0.717) is 0 Å². The van der Waals surface area contributed by atoms with Crippen LogP contribution in [0, 0.1) is 0 Å². The van der Waals surface area contributed by atoms with Crippen molar-refractivity contribution in [2.24, 2.45) is 0 Å². The first-order valence-electron chi connectivity index (χ1n) is 5.41. The van der Waals surface area contributed by atoms with Crippen LogP contribution in [0.5, 0.6) is 0 Å². The second-order valence-corrected chi connectivity index (χ2v) is 3.98. The molecule has 0 aromatic carbocycles. The fraction of sp³-hybridized carbons (Fsp3) is 1.00. The fourth-order valence-corrected chi connectivity index (χ4v) is 1.65. The van der Waals surface area contributed by atoms with Gasteiger partial charge in [-0.1, -0.05) is 6.92 Å². The second-order valence-electron chi connectivity index (χ2n) is 3.98. The van der Waals surface area contributed by atoms with Crippen molar-refractivity contribution in [3.05, 3.63) is 0 Å². The molecule has 4 nitrogen and oxygen atoms in total. The van der Waals surface area contributed by atoms with Crippen molar-refractivity contribution < 1.29 is 9.84 Å². The summed E-state index contributed by atoms with van der Waals surface area (Å²) in [6.45, 7) is 6.30. The van der Waals surface area contributed by atoms with Gasteiger partial charge in [-0.15, -0.1) is 0 Å². The summed E-state index contributed by atoms with van der Waals surface area (Å²) in [6.07, 6.45) is 0.878. The summed E-state index contributed by atoms with van der Waals surface area (Å²) >= 11 is 0. The Morgan fingerprint density at radius 2 is 2.43 bits per heavy atom. The third-order valence-electron chi connectivity index (χ3n) is 2.51. The largest absolute Gasteiger partial charge is 0.392 e. The minimum atomic E-state index is -0.212. The predicted octanol–water partition coefficient (Wildman–Crippen LogP) is -0.322. The Balaban J connectivity index is 2.14. The van der Waals surface area contributed by atoms with Crippen molar-refractivity contribution in [2.75, 3.05) is 39.8 Å². The van der Waals surface area contributed by atoms with Crippen LogP contribution in [0.2, 0.25) is 0 Å². The number of ether oxygens (including phenoxy) is 1. The van der Waals surface area contributed by atoms with Crippen LogP contribution in [0.15, 0.2) is 0 Å². The lowest BCUT2D eigenvalue weighted by atomic mass is 10.2. The molecule has 1 rings (SSSR count). The normalized spacial score (nSPS) is 25.3. The van der Waals surface area contributed by atoms with E-state index in [1.165, 1.54) is 0 Å². The summed E-state index contributed by atoms with van der Waals surface area (Å²) in [4.78, 5) is 2.13. The van der Waals surface area contributed by atoms with Gasteiger partial charge in [0.05, 0.1) is 18.8 Å². The molecule has 1 saturated heterocycles. The van der Waals surface area contributed by atoms with Gasteiger partial charge < -0.3 is 20.1 Å². The van der Waals surface area contributed by atoms with E-state index < -0.39 is 0 Å². The van der Waals surface area contributed by atoms with Crippen LogP contribution < -0.4 is 5.32 Å². The van der Waals surface area contributed by atoms with Crippen molar-refractivity contribution in [3.63, 3.8) is 0 Å². The number of rotatable bonds is 5. The SMILES string of the molecule is CCC(O)CN(C)CC1CNCCO1. The molecule has 1 aliphatic heterocycles. The van der Waals surface area contributed by atoms with Gasteiger partial charge in [-0.2, -0.15) is 0 Å². The molecular formula is C10H22N2O2. The third kappa shape index (κ3) is 4.37. The maximum Gasteiger partial charge on any atom is 0.0826 e.